The van der Waals surface area contributed by atoms with Crippen LogP contribution in [0, 0.1) is 0 Å². The normalized spacial score (nSPS) is 15.5. The van der Waals surface area contributed by atoms with Gasteiger partial charge in [-0.05, 0) is 24.3 Å². The molecule has 1 N–H and O–H groups in total. The minimum Gasteiger partial charge on any atom is -0.476 e. The lowest BCUT2D eigenvalue weighted by Crippen LogP contribution is -2.48. The summed E-state index contributed by atoms with van der Waals surface area (Å²) >= 11 is 1.58. The van der Waals surface area contributed by atoms with Crippen molar-refractivity contribution in [2.75, 3.05) is 16.8 Å². The minimum absolute atomic E-state index is 0.132. The zero-order valence-electron chi connectivity index (χ0n) is 16.1. The second-order valence-electron chi connectivity index (χ2n) is 6.99. The molecule has 0 fully saturated rings. The molecule has 0 radical (unpaired) electrons. The highest BCUT2D eigenvalue weighted by Gasteiger charge is 2.32. The first-order valence-electron chi connectivity index (χ1n) is 9.46. The Bertz CT molecular complexity index is 1220. The molecule has 150 valence electrons. The zero-order valence-corrected chi connectivity index (χ0v) is 16.9. The maximum Gasteiger partial charge on any atom is 0.267 e. The summed E-state index contributed by atoms with van der Waals surface area (Å²) in [4.78, 5) is 31.9. The van der Waals surface area contributed by atoms with Crippen LogP contribution in [0.1, 0.15) is 6.92 Å². The molecule has 0 spiro atoms. The van der Waals surface area contributed by atoms with Crippen molar-refractivity contribution in [2.24, 2.45) is 0 Å². The van der Waals surface area contributed by atoms with Crippen LogP contribution in [0.3, 0.4) is 0 Å². The van der Waals surface area contributed by atoms with E-state index in [4.69, 9.17) is 4.74 Å². The molecule has 1 aliphatic heterocycles. The third-order valence-corrected chi connectivity index (χ3v) is 5.76. The molecule has 0 saturated heterocycles. The number of carbonyl (C=O) groups is 2. The van der Waals surface area contributed by atoms with Gasteiger partial charge in [0.25, 0.3) is 5.91 Å². The van der Waals surface area contributed by atoms with Gasteiger partial charge in [-0.25, -0.2) is 4.98 Å². The standard InChI is InChI=1S/C22H18N4O3S/c1-14(27)26-13-20(29-19-5-3-2-4-18(19)26)21(28)23-16-8-6-15(7-9-16)17-12-25-10-11-30-22(25)24-17/h2-12,20H,13H2,1H3,(H,23,28)/t20-/m0/s1. The predicted octanol–water partition coefficient (Wildman–Crippen LogP) is 3.82. The fourth-order valence-electron chi connectivity index (χ4n) is 3.48. The van der Waals surface area contributed by atoms with Crippen LogP contribution in [0.2, 0.25) is 0 Å². The predicted molar refractivity (Wildman–Crippen MR) is 116 cm³/mol. The van der Waals surface area contributed by atoms with Gasteiger partial charge in [0.2, 0.25) is 5.91 Å². The molecule has 8 heteroatoms. The first kappa shape index (κ1) is 18.4. The maximum absolute atomic E-state index is 12.8. The summed E-state index contributed by atoms with van der Waals surface area (Å²) in [5, 5.41) is 4.87. The average molecular weight is 418 g/mol. The van der Waals surface area contributed by atoms with E-state index < -0.39 is 6.10 Å². The second kappa shape index (κ2) is 7.31. The topological polar surface area (TPSA) is 75.9 Å². The lowest BCUT2D eigenvalue weighted by molar-refractivity contribution is -0.123. The average Bonchev–Trinajstić information content (AvgIpc) is 3.36. The van der Waals surface area contributed by atoms with Crippen molar-refractivity contribution in [3.8, 4) is 17.0 Å². The van der Waals surface area contributed by atoms with Crippen LogP contribution in [0.4, 0.5) is 11.4 Å². The molecule has 7 nitrogen and oxygen atoms in total. The number of aromatic nitrogens is 2. The summed E-state index contributed by atoms with van der Waals surface area (Å²) in [6, 6.07) is 14.7. The molecule has 0 unspecified atom stereocenters. The lowest BCUT2D eigenvalue weighted by Gasteiger charge is -2.33. The number of hydrogen-bond acceptors (Lipinski definition) is 5. The highest BCUT2D eigenvalue weighted by Crippen LogP contribution is 2.33. The van der Waals surface area contributed by atoms with Gasteiger partial charge in [0.05, 0.1) is 17.9 Å². The van der Waals surface area contributed by atoms with Crippen molar-refractivity contribution in [1.29, 1.82) is 0 Å². The van der Waals surface area contributed by atoms with Crippen LogP contribution in [0.15, 0.2) is 66.3 Å². The Morgan fingerprint density at radius 3 is 2.73 bits per heavy atom. The Labute approximate surface area is 176 Å². The number of hydrogen-bond donors (Lipinski definition) is 1. The summed E-state index contributed by atoms with van der Waals surface area (Å²) in [6.45, 7) is 1.65. The van der Waals surface area contributed by atoms with Gasteiger partial charge in [0.1, 0.15) is 5.75 Å². The number of carbonyl (C=O) groups excluding carboxylic acids is 2. The van der Waals surface area contributed by atoms with Crippen molar-refractivity contribution in [2.45, 2.75) is 13.0 Å². The second-order valence-corrected chi connectivity index (χ2v) is 7.86. The van der Waals surface area contributed by atoms with E-state index in [1.54, 1.807) is 22.3 Å². The van der Waals surface area contributed by atoms with Gasteiger partial charge in [-0.15, -0.1) is 11.3 Å². The van der Waals surface area contributed by atoms with E-state index in [1.165, 1.54) is 6.92 Å². The molecule has 5 rings (SSSR count). The molecule has 0 aliphatic carbocycles. The monoisotopic (exact) mass is 418 g/mol. The molecule has 30 heavy (non-hydrogen) atoms. The number of para-hydroxylation sites is 2. The minimum atomic E-state index is -0.789. The van der Waals surface area contributed by atoms with Gasteiger partial charge in [0, 0.05) is 35.9 Å². The van der Waals surface area contributed by atoms with Crippen molar-refractivity contribution in [3.63, 3.8) is 0 Å². The number of benzene rings is 2. The van der Waals surface area contributed by atoms with E-state index >= 15 is 0 Å². The summed E-state index contributed by atoms with van der Waals surface area (Å²) in [7, 11) is 0. The molecular weight excluding hydrogens is 400 g/mol. The molecule has 2 aromatic carbocycles. The van der Waals surface area contributed by atoms with Gasteiger partial charge >= 0.3 is 0 Å². The smallest absolute Gasteiger partial charge is 0.267 e. The van der Waals surface area contributed by atoms with E-state index in [1.807, 2.05) is 64.6 Å². The maximum atomic E-state index is 12.8. The van der Waals surface area contributed by atoms with Crippen LogP contribution in [0.5, 0.6) is 5.75 Å². The highest BCUT2D eigenvalue weighted by molar-refractivity contribution is 7.15. The van der Waals surface area contributed by atoms with Gasteiger partial charge in [-0.3, -0.25) is 14.0 Å². The van der Waals surface area contributed by atoms with Crippen LogP contribution in [-0.2, 0) is 9.59 Å². The number of nitrogens with one attached hydrogen (secondary N) is 1. The summed E-state index contributed by atoms with van der Waals surface area (Å²) < 4.78 is 7.83. The molecule has 0 bridgehead atoms. The van der Waals surface area contributed by atoms with Crippen molar-refractivity contribution >= 4 is 39.5 Å². The van der Waals surface area contributed by atoms with E-state index in [-0.39, 0.29) is 18.4 Å². The fourth-order valence-corrected chi connectivity index (χ4v) is 4.18. The lowest BCUT2D eigenvalue weighted by atomic mass is 10.1. The Balaban J connectivity index is 1.31. The van der Waals surface area contributed by atoms with E-state index in [9.17, 15) is 9.59 Å². The molecule has 1 atom stereocenters. The third-order valence-electron chi connectivity index (χ3n) is 4.99. The molecule has 0 saturated carbocycles. The molecule has 2 aromatic heterocycles. The highest BCUT2D eigenvalue weighted by atomic mass is 32.1. The Morgan fingerprint density at radius 1 is 1.17 bits per heavy atom. The third kappa shape index (κ3) is 3.31. The zero-order chi connectivity index (χ0) is 20.7. The Kier molecular flexibility index (Phi) is 4.48. The number of imidazole rings is 1. The van der Waals surface area contributed by atoms with Gasteiger partial charge < -0.3 is 15.0 Å². The van der Waals surface area contributed by atoms with Gasteiger partial charge in [0.15, 0.2) is 11.1 Å². The van der Waals surface area contributed by atoms with Gasteiger partial charge in [-0.2, -0.15) is 0 Å². The number of fused-ring (bicyclic) bond motifs is 2. The summed E-state index contributed by atoms with van der Waals surface area (Å²) in [5.41, 5.74) is 3.18. The number of ether oxygens (including phenoxy) is 1. The van der Waals surface area contributed by atoms with E-state index in [0.717, 1.165) is 16.2 Å². The van der Waals surface area contributed by atoms with Crippen molar-refractivity contribution in [3.05, 3.63) is 66.3 Å². The Hall–Kier alpha value is -3.65. The molecule has 4 aromatic rings. The van der Waals surface area contributed by atoms with Crippen LogP contribution >= 0.6 is 11.3 Å². The van der Waals surface area contributed by atoms with Crippen molar-refractivity contribution < 1.29 is 14.3 Å². The largest absolute Gasteiger partial charge is 0.476 e. The SMILES string of the molecule is CC(=O)N1C[C@@H](C(=O)Nc2ccc(-c3cn4ccsc4n3)cc2)Oc2ccccc21. The van der Waals surface area contributed by atoms with Gasteiger partial charge in [-0.1, -0.05) is 24.3 Å². The van der Waals surface area contributed by atoms with Crippen molar-refractivity contribution in [1.82, 2.24) is 9.38 Å². The number of thiazole rings is 1. The van der Waals surface area contributed by atoms with Crippen LogP contribution in [-0.4, -0.2) is 33.8 Å². The number of anilines is 2. The molecule has 3 heterocycles. The molecular formula is C22H18N4O3S. The molecule has 2 amide bonds. The summed E-state index contributed by atoms with van der Waals surface area (Å²) in [6.07, 6.45) is 3.16. The van der Waals surface area contributed by atoms with E-state index in [0.29, 0.717) is 17.1 Å². The number of nitrogens with zero attached hydrogens (tertiary/aromatic N) is 3. The number of amides is 2. The van der Waals surface area contributed by atoms with Crippen LogP contribution < -0.4 is 15.0 Å². The molecule has 1 aliphatic rings. The Morgan fingerprint density at radius 2 is 1.97 bits per heavy atom. The first-order chi connectivity index (χ1) is 14.6. The number of rotatable bonds is 3. The van der Waals surface area contributed by atoms with E-state index in [2.05, 4.69) is 10.3 Å². The fraction of sp³-hybridized carbons (Fsp3) is 0.136. The first-order valence-corrected chi connectivity index (χ1v) is 10.3. The quantitative estimate of drug-likeness (QED) is 0.549. The summed E-state index contributed by atoms with van der Waals surface area (Å²) in [5.74, 6) is 0.0908. The van der Waals surface area contributed by atoms with Crippen LogP contribution in [0.25, 0.3) is 16.2 Å².